The molecule has 1 aromatic heterocycles. The first kappa shape index (κ1) is 16.7. The zero-order chi connectivity index (χ0) is 19.0. The Morgan fingerprint density at radius 1 is 1.30 bits per heavy atom. The number of rotatable bonds is 5. The van der Waals surface area contributed by atoms with Crippen molar-refractivity contribution in [3.8, 4) is 11.5 Å². The van der Waals surface area contributed by atoms with Crippen molar-refractivity contribution in [2.75, 3.05) is 19.0 Å². The summed E-state index contributed by atoms with van der Waals surface area (Å²) in [7, 11) is 1.48. The van der Waals surface area contributed by atoms with Crippen LogP contribution in [-0.2, 0) is 4.79 Å². The molecule has 2 heterocycles. The molecule has 0 fully saturated rings. The Hall–Kier alpha value is -3.75. The van der Waals surface area contributed by atoms with Gasteiger partial charge in [0.25, 0.3) is 0 Å². The SMILES string of the molecule is COc1cc([C@H]2N=C(N)Nc3nc4ccccc4n32)ccc1OCC(=O)[O-]. The standard InChI is InChI=1S/C18H17N5O4/c1-26-14-8-10(6-7-13(14)27-9-15(24)25)16-21-17(19)22-18-20-11-4-2-3-5-12(11)23(16)18/h2-8,16H,9H2,1H3,(H,24,25)(H3,19,20,21,22)/p-1/t16-/m0/s1. The summed E-state index contributed by atoms with van der Waals surface area (Å²) in [5.41, 5.74) is 8.43. The van der Waals surface area contributed by atoms with Gasteiger partial charge in [0.15, 0.2) is 23.6 Å². The van der Waals surface area contributed by atoms with Gasteiger partial charge >= 0.3 is 0 Å². The Morgan fingerprint density at radius 2 is 2.11 bits per heavy atom. The molecule has 1 atom stereocenters. The van der Waals surface area contributed by atoms with Gasteiger partial charge in [-0.25, -0.2) is 9.98 Å². The molecule has 3 N–H and O–H groups in total. The minimum atomic E-state index is -1.31. The number of aromatic nitrogens is 2. The summed E-state index contributed by atoms with van der Waals surface area (Å²) in [6.45, 7) is -0.565. The van der Waals surface area contributed by atoms with E-state index < -0.39 is 18.7 Å². The van der Waals surface area contributed by atoms with Gasteiger partial charge in [-0.2, -0.15) is 0 Å². The number of aliphatic imine (C=N–C) groups is 1. The third-order valence-corrected chi connectivity index (χ3v) is 4.17. The number of hydrogen-bond acceptors (Lipinski definition) is 8. The van der Waals surface area contributed by atoms with Crippen molar-refractivity contribution < 1.29 is 19.4 Å². The number of nitrogens with one attached hydrogen (secondary N) is 1. The van der Waals surface area contributed by atoms with Crippen molar-refractivity contribution in [2.45, 2.75) is 6.17 Å². The van der Waals surface area contributed by atoms with Crippen molar-refractivity contribution in [2.24, 2.45) is 10.7 Å². The highest BCUT2D eigenvalue weighted by Gasteiger charge is 2.25. The van der Waals surface area contributed by atoms with E-state index in [1.165, 1.54) is 7.11 Å². The van der Waals surface area contributed by atoms with Gasteiger partial charge in [0.2, 0.25) is 5.95 Å². The predicted molar refractivity (Wildman–Crippen MR) is 96.6 cm³/mol. The molecule has 4 rings (SSSR count). The van der Waals surface area contributed by atoms with Crippen LogP contribution in [0.1, 0.15) is 11.7 Å². The number of benzene rings is 2. The molecule has 3 aromatic rings. The van der Waals surface area contributed by atoms with E-state index in [1.807, 2.05) is 28.8 Å². The maximum Gasteiger partial charge on any atom is 0.212 e. The summed E-state index contributed by atoms with van der Waals surface area (Å²) in [5.74, 6) is 0.203. The van der Waals surface area contributed by atoms with Crippen LogP contribution >= 0.6 is 0 Å². The molecule has 27 heavy (non-hydrogen) atoms. The number of anilines is 1. The molecular formula is C18H16N5O4-. The molecule has 9 nitrogen and oxygen atoms in total. The Morgan fingerprint density at radius 3 is 2.89 bits per heavy atom. The largest absolute Gasteiger partial charge is 0.546 e. The molecule has 0 bridgehead atoms. The van der Waals surface area contributed by atoms with E-state index in [1.54, 1.807) is 18.2 Å². The van der Waals surface area contributed by atoms with Crippen LogP contribution in [0.2, 0.25) is 0 Å². The first-order chi connectivity index (χ1) is 13.1. The number of carbonyl (C=O) groups excluding carboxylic acids is 1. The van der Waals surface area contributed by atoms with Crippen LogP contribution < -0.4 is 25.6 Å². The number of carboxylic acid groups (broad SMARTS) is 1. The van der Waals surface area contributed by atoms with E-state index >= 15 is 0 Å². The van der Waals surface area contributed by atoms with Gasteiger partial charge < -0.3 is 25.1 Å². The first-order valence-electron chi connectivity index (χ1n) is 8.14. The number of aliphatic carboxylic acids is 1. The molecule has 138 valence electrons. The zero-order valence-electron chi connectivity index (χ0n) is 14.4. The van der Waals surface area contributed by atoms with Crippen molar-refractivity contribution in [3.05, 3.63) is 48.0 Å². The highest BCUT2D eigenvalue weighted by molar-refractivity contribution is 5.94. The smallest absolute Gasteiger partial charge is 0.212 e. The maximum atomic E-state index is 10.6. The lowest BCUT2D eigenvalue weighted by Gasteiger charge is -2.24. The molecule has 0 amide bonds. The van der Waals surface area contributed by atoms with Crippen LogP contribution in [-0.4, -0.2) is 35.2 Å². The monoisotopic (exact) mass is 366 g/mol. The van der Waals surface area contributed by atoms with Crippen LogP contribution in [0.5, 0.6) is 11.5 Å². The Kier molecular flexibility index (Phi) is 4.03. The second-order valence-corrected chi connectivity index (χ2v) is 5.88. The van der Waals surface area contributed by atoms with Crippen LogP contribution in [0.25, 0.3) is 11.0 Å². The predicted octanol–water partition coefficient (Wildman–Crippen LogP) is 0.461. The quantitative estimate of drug-likeness (QED) is 0.671. The fourth-order valence-corrected chi connectivity index (χ4v) is 3.04. The van der Waals surface area contributed by atoms with Gasteiger partial charge in [0.05, 0.1) is 24.1 Å². The van der Waals surface area contributed by atoms with Crippen LogP contribution in [0.15, 0.2) is 47.5 Å². The Bertz CT molecular complexity index is 1060. The average Bonchev–Trinajstić information content (AvgIpc) is 3.03. The van der Waals surface area contributed by atoms with Gasteiger partial charge in [0.1, 0.15) is 6.61 Å². The molecule has 1 aliphatic rings. The first-order valence-corrected chi connectivity index (χ1v) is 8.14. The molecule has 2 aromatic carbocycles. The highest BCUT2D eigenvalue weighted by atomic mass is 16.5. The molecule has 0 saturated heterocycles. The van der Waals surface area contributed by atoms with E-state index in [0.29, 0.717) is 17.4 Å². The molecule has 0 unspecified atom stereocenters. The van der Waals surface area contributed by atoms with Gasteiger partial charge in [-0.3, -0.25) is 9.88 Å². The minimum absolute atomic E-state index is 0.249. The van der Waals surface area contributed by atoms with Crippen molar-refractivity contribution >= 4 is 28.9 Å². The van der Waals surface area contributed by atoms with Crippen molar-refractivity contribution in [1.29, 1.82) is 0 Å². The molecule has 0 aliphatic carbocycles. The number of ether oxygens (including phenoxy) is 2. The topological polar surface area (TPSA) is 127 Å². The lowest BCUT2D eigenvalue weighted by molar-refractivity contribution is -0.307. The van der Waals surface area contributed by atoms with Gasteiger partial charge in [-0.1, -0.05) is 18.2 Å². The molecule has 9 heteroatoms. The van der Waals surface area contributed by atoms with E-state index in [4.69, 9.17) is 15.2 Å². The Balaban J connectivity index is 1.79. The fraction of sp³-hybridized carbons (Fsp3) is 0.167. The van der Waals surface area contributed by atoms with Crippen LogP contribution in [0, 0.1) is 0 Å². The third-order valence-electron chi connectivity index (χ3n) is 4.17. The number of hydrogen-bond donors (Lipinski definition) is 2. The van der Waals surface area contributed by atoms with Crippen molar-refractivity contribution in [3.63, 3.8) is 0 Å². The number of guanidine groups is 1. The number of methoxy groups -OCH3 is 1. The summed E-state index contributed by atoms with van der Waals surface area (Å²) in [6.07, 6.45) is -0.460. The second-order valence-electron chi connectivity index (χ2n) is 5.88. The molecule has 1 aliphatic heterocycles. The van der Waals surface area contributed by atoms with Crippen molar-refractivity contribution in [1.82, 2.24) is 9.55 Å². The number of para-hydroxylation sites is 2. The molecule has 0 saturated carbocycles. The van der Waals surface area contributed by atoms with Gasteiger partial charge in [-0.05, 0) is 24.3 Å². The normalized spacial score (nSPS) is 15.6. The number of fused-ring (bicyclic) bond motifs is 3. The summed E-state index contributed by atoms with van der Waals surface area (Å²) in [5, 5.41) is 13.6. The van der Waals surface area contributed by atoms with Gasteiger partial charge in [-0.15, -0.1) is 0 Å². The average molecular weight is 366 g/mol. The fourth-order valence-electron chi connectivity index (χ4n) is 3.04. The van der Waals surface area contributed by atoms with Crippen LogP contribution in [0.3, 0.4) is 0 Å². The lowest BCUT2D eigenvalue weighted by atomic mass is 10.1. The molecule has 0 spiro atoms. The van der Waals surface area contributed by atoms with E-state index in [9.17, 15) is 9.90 Å². The molecule has 0 radical (unpaired) electrons. The third kappa shape index (κ3) is 2.99. The summed E-state index contributed by atoms with van der Waals surface area (Å²) in [6, 6.07) is 12.8. The minimum Gasteiger partial charge on any atom is -0.546 e. The highest BCUT2D eigenvalue weighted by Crippen LogP contribution is 2.36. The summed E-state index contributed by atoms with van der Waals surface area (Å²) >= 11 is 0. The van der Waals surface area contributed by atoms with E-state index in [2.05, 4.69) is 15.3 Å². The van der Waals surface area contributed by atoms with E-state index in [-0.39, 0.29) is 5.96 Å². The zero-order valence-corrected chi connectivity index (χ0v) is 14.4. The van der Waals surface area contributed by atoms with Crippen LogP contribution in [0.4, 0.5) is 5.95 Å². The Labute approximate surface area is 154 Å². The number of nitrogens with two attached hydrogens (primary N) is 1. The number of carbonyl (C=O) groups is 1. The number of imidazole rings is 1. The lowest BCUT2D eigenvalue weighted by Crippen LogP contribution is -2.31. The number of carboxylic acids is 1. The number of nitrogens with zero attached hydrogens (tertiary/aromatic N) is 3. The van der Waals surface area contributed by atoms with Gasteiger partial charge in [0, 0.05) is 5.56 Å². The van der Waals surface area contributed by atoms with E-state index in [0.717, 1.165) is 16.6 Å². The second kappa shape index (κ2) is 6.52. The molecular weight excluding hydrogens is 350 g/mol. The summed E-state index contributed by atoms with van der Waals surface area (Å²) in [4.78, 5) is 19.7. The maximum absolute atomic E-state index is 10.6. The summed E-state index contributed by atoms with van der Waals surface area (Å²) < 4.78 is 12.5.